The smallest absolute Gasteiger partial charge is 0.0605 e. The van der Waals surface area contributed by atoms with Crippen LogP contribution in [0.15, 0.2) is 18.3 Å². The molecule has 1 fully saturated rings. The highest BCUT2D eigenvalue weighted by Crippen LogP contribution is 2.37. The minimum absolute atomic E-state index is 0.466. The van der Waals surface area contributed by atoms with Crippen molar-refractivity contribution < 1.29 is 0 Å². The molecule has 2 nitrogen and oxygen atoms in total. The molecule has 1 aromatic rings. The molecular weight excluding hydrogens is 196 g/mol. The van der Waals surface area contributed by atoms with E-state index in [-0.39, 0.29) is 0 Å². The third-order valence-electron chi connectivity index (χ3n) is 3.35. The molecule has 1 aromatic heterocycles. The van der Waals surface area contributed by atoms with Gasteiger partial charge in [-0.15, -0.1) is 0 Å². The molecule has 1 unspecified atom stereocenters. The second-order valence-corrected chi connectivity index (χ2v) is 4.69. The van der Waals surface area contributed by atoms with Gasteiger partial charge in [-0.3, -0.25) is 4.98 Å². The van der Waals surface area contributed by atoms with Crippen molar-refractivity contribution in [3.05, 3.63) is 29.6 Å². The summed E-state index contributed by atoms with van der Waals surface area (Å²) in [5.74, 6) is 0.941. The van der Waals surface area contributed by atoms with Gasteiger partial charge in [-0.2, -0.15) is 0 Å². The maximum Gasteiger partial charge on any atom is 0.0605 e. The first-order chi connectivity index (χ1) is 7.85. The zero-order valence-corrected chi connectivity index (χ0v) is 10.4. The zero-order chi connectivity index (χ0) is 11.4. The number of nitrogens with zero attached hydrogens (tertiary/aromatic N) is 1. The van der Waals surface area contributed by atoms with Crippen LogP contribution in [0.2, 0.25) is 0 Å². The van der Waals surface area contributed by atoms with Gasteiger partial charge in [-0.1, -0.05) is 32.8 Å². The molecule has 0 bridgehead atoms. The summed E-state index contributed by atoms with van der Waals surface area (Å²) in [5.41, 5.74) is 2.67. The third-order valence-corrected chi connectivity index (χ3v) is 3.35. The summed E-state index contributed by atoms with van der Waals surface area (Å²) in [6.45, 7) is 5.41. The highest BCUT2D eigenvalue weighted by atomic mass is 14.9. The summed E-state index contributed by atoms with van der Waals surface area (Å²) < 4.78 is 0. The Morgan fingerprint density at radius 1 is 1.44 bits per heavy atom. The largest absolute Gasteiger partial charge is 0.309 e. The molecule has 1 atom stereocenters. The summed E-state index contributed by atoms with van der Waals surface area (Å²) in [5, 5.41) is 3.58. The Morgan fingerprint density at radius 2 is 2.25 bits per heavy atom. The third kappa shape index (κ3) is 2.82. The van der Waals surface area contributed by atoms with E-state index in [0.29, 0.717) is 6.04 Å². The first-order valence-electron chi connectivity index (χ1n) is 6.52. The second-order valence-electron chi connectivity index (χ2n) is 4.69. The van der Waals surface area contributed by atoms with Gasteiger partial charge >= 0.3 is 0 Å². The van der Waals surface area contributed by atoms with E-state index < -0.39 is 0 Å². The molecule has 16 heavy (non-hydrogen) atoms. The predicted octanol–water partition coefficient (Wildman–Crippen LogP) is 3.09. The van der Waals surface area contributed by atoms with Gasteiger partial charge in [0, 0.05) is 6.20 Å². The molecule has 0 aromatic carbocycles. The first-order valence-corrected chi connectivity index (χ1v) is 6.52. The Labute approximate surface area is 98.5 Å². The number of hydrogen-bond donors (Lipinski definition) is 1. The lowest BCUT2D eigenvalue weighted by Gasteiger charge is -2.19. The maximum atomic E-state index is 4.59. The molecular formula is C14H22N2. The van der Waals surface area contributed by atoms with Crippen molar-refractivity contribution in [3.8, 4) is 0 Å². The van der Waals surface area contributed by atoms with Crippen LogP contribution in [-0.4, -0.2) is 11.5 Å². The fraction of sp³-hybridized carbons (Fsp3) is 0.643. The molecule has 2 rings (SSSR count). The van der Waals surface area contributed by atoms with Crippen LogP contribution in [-0.2, 0) is 6.42 Å². The minimum atomic E-state index is 0.466. The lowest BCUT2D eigenvalue weighted by molar-refractivity contribution is 0.473. The van der Waals surface area contributed by atoms with Crippen molar-refractivity contribution in [3.63, 3.8) is 0 Å². The number of aromatic nitrogens is 1. The maximum absolute atomic E-state index is 4.59. The van der Waals surface area contributed by atoms with Crippen LogP contribution in [0.4, 0.5) is 0 Å². The van der Waals surface area contributed by atoms with E-state index in [0.717, 1.165) is 18.9 Å². The van der Waals surface area contributed by atoms with Crippen LogP contribution in [0.3, 0.4) is 0 Å². The lowest BCUT2D eigenvalue weighted by atomic mass is 10.0. The summed E-state index contributed by atoms with van der Waals surface area (Å²) in [4.78, 5) is 4.59. The van der Waals surface area contributed by atoms with Crippen molar-refractivity contribution in [1.82, 2.24) is 10.3 Å². The van der Waals surface area contributed by atoms with Crippen molar-refractivity contribution in [2.24, 2.45) is 5.92 Å². The SMILES string of the molecule is CCNC(CC1CC1)c1ncccc1CC. The summed E-state index contributed by atoms with van der Waals surface area (Å²) in [7, 11) is 0. The highest BCUT2D eigenvalue weighted by molar-refractivity contribution is 5.23. The second kappa shape index (κ2) is 5.44. The van der Waals surface area contributed by atoms with Crippen LogP contribution in [0.1, 0.15) is 50.4 Å². The number of hydrogen-bond acceptors (Lipinski definition) is 2. The number of nitrogens with one attached hydrogen (secondary N) is 1. The molecule has 88 valence electrons. The normalized spacial score (nSPS) is 17.4. The van der Waals surface area contributed by atoms with Gasteiger partial charge in [0.2, 0.25) is 0 Å². The minimum Gasteiger partial charge on any atom is -0.309 e. The molecule has 0 spiro atoms. The van der Waals surface area contributed by atoms with E-state index in [2.05, 4.69) is 30.2 Å². The van der Waals surface area contributed by atoms with E-state index in [9.17, 15) is 0 Å². The molecule has 0 saturated heterocycles. The molecule has 0 radical (unpaired) electrons. The van der Waals surface area contributed by atoms with Crippen molar-refractivity contribution >= 4 is 0 Å². The molecule has 1 heterocycles. The lowest BCUT2D eigenvalue weighted by Crippen LogP contribution is -2.23. The van der Waals surface area contributed by atoms with Gasteiger partial charge in [0.15, 0.2) is 0 Å². The zero-order valence-electron chi connectivity index (χ0n) is 10.4. The van der Waals surface area contributed by atoms with Crippen molar-refractivity contribution in [2.45, 2.75) is 45.6 Å². The Morgan fingerprint density at radius 3 is 2.88 bits per heavy atom. The van der Waals surface area contributed by atoms with Crippen LogP contribution in [0.25, 0.3) is 0 Å². The molecule has 1 aliphatic rings. The Hall–Kier alpha value is -0.890. The predicted molar refractivity (Wildman–Crippen MR) is 67.4 cm³/mol. The molecule has 0 aliphatic heterocycles. The fourth-order valence-electron chi connectivity index (χ4n) is 2.29. The van der Waals surface area contributed by atoms with E-state index >= 15 is 0 Å². The average Bonchev–Trinajstić information content (AvgIpc) is 3.12. The van der Waals surface area contributed by atoms with Gasteiger partial charge in [0.05, 0.1) is 11.7 Å². The van der Waals surface area contributed by atoms with Crippen LogP contribution < -0.4 is 5.32 Å². The monoisotopic (exact) mass is 218 g/mol. The van der Waals surface area contributed by atoms with E-state index in [1.54, 1.807) is 0 Å². The van der Waals surface area contributed by atoms with Gasteiger partial charge in [0.1, 0.15) is 0 Å². The van der Waals surface area contributed by atoms with Crippen molar-refractivity contribution in [1.29, 1.82) is 0 Å². The molecule has 2 heteroatoms. The van der Waals surface area contributed by atoms with Crippen LogP contribution in [0, 0.1) is 5.92 Å². The van der Waals surface area contributed by atoms with Crippen LogP contribution >= 0.6 is 0 Å². The van der Waals surface area contributed by atoms with Crippen LogP contribution in [0.5, 0.6) is 0 Å². The van der Waals surface area contributed by atoms with E-state index in [1.807, 2.05) is 12.3 Å². The van der Waals surface area contributed by atoms with Gasteiger partial charge in [-0.25, -0.2) is 0 Å². The number of aryl methyl sites for hydroxylation is 1. The number of rotatable bonds is 6. The Balaban J connectivity index is 2.14. The summed E-state index contributed by atoms with van der Waals surface area (Å²) >= 11 is 0. The molecule has 0 amide bonds. The average molecular weight is 218 g/mol. The Kier molecular flexibility index (Phi) is 3.94. The van der Waals surface area contributed by atoms with Gasteiger partial charge in [0.25, 0.3) is 0 Å². The van der Waals surface area contributed by atoms with Crippen molar-refractivity contribution in [2.75, 3.05) is 6.54 Å². The van der Waals surface area contributed by atoms with Gasteiger partial charge < -0.3 is 5.32 Å². The quantitative estimate of drug-likeness (QED) is 0.793. The highest BCUT2D eigenvalue weighted by Gasteiger charge is 2.27. The molecule has 1 saturated carbocycles. The molecule has 1 N–H and O–H groups in total. The van der Waals surface area contributed by atoms with Gasteiger partial charge in [-0.05, 0) is 36.9 Å². The summed E-state index contributed by atoms with van der Waals surface area (Å²) in [6, 6.07) is 4.72. The molecule has 1 aliphatic carbocycles. The Bertz CT molecular complexity index is 331. The topological polar surface area (TPSA) is 24.9 Å². The standard InChI is InChI=1S/C14H22N2/c1-3-12-6-5-9-16-14(12)13(15-4-2)10-11-7-8-11/h5-6,9,11,13,15H,3-4,7-8,10H2,1-2H3. The van der Waals surface area contributed by atoms with E-state index in [4.69, 9.17) is 0 Å². The number of pyridine rings is 1. The van der Waals surface area contributed by atoms with E-state index in [1.165, 1.54) is 30.5 Å². The fourth-order valence-corrected chi connectivity index (χ4v) is 2.29. The summed E-state index contributed by atoms with van der Waals surface area (Å²) in [6.07, 6.45) is 7.09. The first kappa shape index (κ1) is 11.6.